The number of carbonyl (C=O) groups is 1. The fourth-order valence-electron chi connectivity index (χ4n) is 5.37. The van der Waals surface area contributed by atoms with Gasteiger partial charge < -0.3 is 13.9 Å². The van der Waals surface area contributed by atoms with Crippen LogP contribution in [0.4, 0.5) is 0 Å². The molecule has 0 aromatic heterocycles. The molecule has 1 heterocycles. The minimum atomic E-state index is -1.84. The largest absolute Gasteiger partial charge is 0.544 e. The Morgan fingerprint density at radius 1 is 0.875 bits per heavy atom. The first-order valence-corrected chi connectivity index (χ1v) is 19.4. The molecule has 0 N–H and O–H groups in total. The summed E-state index contributed by atoms with van der Waals surface area (Å²) in [6.45, 7) is 17.6. The number of Topliss-reactive ketones (excluding diaryl/α,β-unsaturated/α-hetero) is 1. The molecule has 1 aliphatic heterocycles. The van der Waals surface area contributed by atoms with Gasteiger partial charge in [-0.25, -0.2) is 0 Å². The Balaban J connectivity index is 1.67. The van der Waals surface area contributed by atoms with Gasteiger partial charge in [-0.05, 0) is 62.5 Å². The molecule has 0 aliphatic carbocycles. The van der Waals surface area contributed by atoms with E-state index in [2.05, 4.69) is 65.1 Å². The fraction of sp³-hybridized carbons (Fsp3) is 0.800. The molecule has 40 heavy (non-hydrogen) atoms. The third kappa shape index (κ3) is 13.7. The van der Waals surface area contributed by atoms with E-state index in [4.69, 9.17) is 13.9 Å². The maximum atomic E-state index is 12.9. The predicted octanol–water partition coefficient (Wildman–Crippen LogP) is 10.6. The van der Waals surface area contributed by atoms with Crippen molar-refractivity contribution in [2.24, 2.45) is 0 Å². The van der Waals surface area contributed by atoms with Crippen molar-refractivity contribution in [2.45, 2.75) is 180 Å². The van der Waals surface area contributed by atoms with Gasteiger partial charge in [0, 0.05) is 19.3 Å². The van der Waals surface area contributed by atoms with Gasteiger partial charge >= 0.3 is 0 Å². The molecule has 1 fully saturated rings. The molecule has 1 aromatic carbocycles. The lowest BCUT2D eigenvalue weighted by Crippen LogP contribution is -2.45. The van der Waals surface area contributed by atoms with E-state index in [9.17, 15) is 4.79 Å². The number of rotatable bonds is 19. The van der Waals surface area contributed by atoms with Gasteiger partial charge in [0.05, 0.1) is 12.2 Å². The summed E-state index contributed by atoms with van der Waals surface area (Å²) in [7, 11) is -1.84. The SMILES string of the molecule is CCCCCCCCCCCCC[C@@H]1C[C@H](CC(=O)CCc2ccc(O[Si](C)(C)C(C)(C)C)cc2)OC(C)(C)O1. The minimum Gasteiger partial charge on any atom is -0.544 e. The van der Waals surface area contributed by atoms with E-state index in [0.717, 1.165) is 25.0 Å². The van der Waals surface area contributed by atoms with Crippen molar-refractivity contribution in [2.75, 3.05) is 0 Å². The quantitative estimate of drug-likeness (QED) is 0.122. The molecule has 0 unspecified atom stereocenters. The number of benzene rings is 1. The number of unbranched alkanes of at least 4 members (excludes halogenated alkanes) is 10. The van der Waals surface area contributed by atoms with Gasteiger partial charge in [0.1, 0.15) is 11.5 Å². The van der Waals surface area contributed by atoms with Crippen molar-refractivity contribution >= 4 is 14.1 Å². The smallest absolute Gasteiger partial charge is 0.250 e. The van der Waals surface area contributed by atoms with E-state index >= 15 is 0 Å². The summed E-state index contributed by atoms with van der Waals surface area (Å²) >= 11 is 0. The summed E-state index contributed by atoms with van der Waals surface area (Å²) in [6.07, 6.45) is 18.7. The molecule has 2 atom stereocenters. The highest BCUT2D eigenvalue weighted by Crippen LogP contribution is 2.37. The molecule has 0 saturated carbocycles. The first-order chi connectivity index (χ1) is 18.8. The van der Waals surface area contributed by atoms with E-state index in [0.29, 0.717) is 12.8 Å². The molecule has 0 bridgehead atoms. The van der Waals surface area contributed by atoms with E-state index in [1.54, 1.807) is 0 Å². The van der Waals surface area contributed by atoms with Gasteiger partial charge in [-0.2, -0.15) is 0 Å². The summed E-state index contributed by atoms with van der Waals surface area (Å²) in [5, 5.41) is 0.171. The summed E-state index contributed by atoms with van der Waals surface area (Å²) in [4.78, 5) is 12.9. The van der Waals surface area contributed by atoms with Crippen molar-refractivity contribution in [3.8, 4) is 5.75 Å². The standard InChI is InChI=1S/C35H62O4Si/c1-9-10-11-12-13-14-15-16-17-18-19-20-32-28-33(38-35(5,6)37-32)27-30(36)24-21-29-22-25-31(26-23-29)39-40(7,8)34(2,3)4/h22-23,25-26,32-33H,9-21,24,27-28H2,1-8H3/t32-,33+/m1/s1. The highest BCUT2D eigenvalue weighted by atomic mass is 28.4. The molecule has 2 rings (SSSR count). The number of hydrogen-bond donors (Lipinski definition) is 0. The Morgan fingerprint density at radius 3 is 1.95 bits per heavy atom. The van der Waals surface area contributed by atoms with Gasteiger partial charge in [-0.15, -0.1) is 0 Å². The Bertz CT molecular complexity index is 840. The molecule has 0 radical (unpaired) electrons. The Hall–Kier alpha value is -1.17. The molecule has 4 nitrogen and oxygen atoms in total. The second-order valence-corrected chi connectivity index (χ2v) is 18.9. The van der Waals surface area contributed by atoms with E-state index < -0.39 is 14.1 Å². The zero-order valence-corrected chi connectivity index (χ0v) is 28.4. The summed E-state index contributed by atoms with van der Waals surface area (Å²) in [5.74, 6) is 0.590. The summed E-state index contributed by atoms with van der Waals surface area (Å²) in [5.41, 5.74) is 1.18. The van der Waals surface area contributed by atoms with Crippen LogP contribution in [0, 0.1) is 0 Å². The number of carbonyl (C=O) groups excluding carboxylic acids is 1. The van der Waals surface area contributed by atoms with Crippen LogP contribution in [0.5, 0.6) is 5.75 Å². The van der Waals surface area contributed by atoms with Gasteiger partial charge in [-0.3, -0.25) is 4.79 Å². The van der Waals surface area contributed by atoms with Crippen molar-refractivity contribution < 1.29 is 18.7 Å². The Labute approximate surface area is 248 Å². The van der Waals surface area contributed by atoms with Crippen molar-refractivity contribution in [1.82, 2.24) is 0 Å². The number of ketones is 1. The molecule has 5 heteroatoms. The Morgan fingerprint density at radius 2 is 1.40 bits per heavy atom. The van der Waals surface area contributed by atoms with Crippen LogP contribution < -0.4 is 4.43 Å². The predicted molar refractivity (Wildman–Crippen MR) is 172 cm³/mol. The normalized spacial score (nSPS) is 19.5. The molecule has 0 spiro atoms. The van der Waals surface area contributed by atoms with Crippen LogP contribution in [-0.4, -0.2) is 32.1 Å². The van der Waals surface area contributed by atoms with Gasteiger partial charge in [0.25, 0.3) is 0 Å². The number of ether oxygens (including phenoxy) is 2. The lowest BCUT2D eigenvalue weighted by Gasteiger charge is -2.41. The van der Waals surface area contributed by atoms with E-state index in [-0.39, 0.29) is 23.0 Å². The third-order valence-corrected chi connectivity index (χ3v) is 13.2. The third-order valence-electron chi connectivity index (χ3n) is 8.81. The van der Waals surface area contributed by atoms with Crippen LogP contribution in [0.1, 0.15) is 143 Å². The van der Waals surface area contributed by atoms with Crippen molar-refractivity contribution in [1.29, 1.82) is 0 Å². The van der Waals surface area contributed by atoms with Crippen LogP contribution in [-0.2, 0) is 20.7 Å². The van der Waals surface area contributed by atoms with Crippen LogP contribution in [0.15, 0.2) is 24.3 Å². The van der Waals surface area contributed by atoms with Crippen molar-refractivity contribution in [3.05, 3.63) is 29.8 Å². The molecule has 1 saturated heterocycles. The van der Waals surface area contributed by atoms with Crippen LogP contribution in [0.3, 0.4) is 0 Å². The first kappa shape index (κ1) is 35.0. The minimum absolute atomic E-state index is 0.0469. The molecule has 1 aromatic rings. The highest BCUT2D eigenvalue weighted by Gasteiger charge is 2.39. The van der Waals surface area contributed by atoms with Gasteiger partial charge in [-0.1, -0.05) is 110 Å². The highest BCUT2D eigenvalue weighted by molar-refractivity contribution is 6.74. The first-order valence-electron chi connectivity index (χ1n) is 16.5. The average Bonchev–Trinajstić information content (AvgIpc) is 2.85. The molecular weight excluding hydrogens is 512 g/mol. The maximum absolute atomic E-state index is 12.9. The fourth-order valence-corrected chi connectivity index (χ4v) is 6.40. The van der Waals surface area contributed by atoms with Crippen LogP contribution in [0.2, 0.25) is 18.1 Å². The molecule has 230 valence electrons. The zero-order valence-electron chi connectivity index (χ0n) is 27.4. The molecular formula is C35H62O4Si. The van der Waals surface area contributed by atoms with Gasteiger partial charge in [0.15, 0.2) is 5.79 Å². The summed E-state index contributed by atoms with van der Waals surface area (Å²) < 4.78 is 18.8. The number of aryl methyl sites for hydroxylation is 1. The van der Waals surface area contributed by atoms with E-state index in [1.807, 2.05) is 13.8 Å². The average molecular weight is 575 g/mol. The van der Waals surface area contributed by atoms with Crippen LogP contribution in [0.25, 0.3) is 0 Å². The Kier molecular flexibility index (Phi) is 14.9. The van der Waals surface area contributed by atoms with E-state index in [1.165, 1.54) is 76.2 Å². The van der Waals surface area contributed by atoms with Gasteiger partial charge in [0.2, 0.25) is 8.32 Å². The van der Waals surface area contributed by atoms with Crippen LogP contribution >= 0.6 is 0 Å². The molecule has 0 amide bonds. The van der Waals surface area contributed by atoms with Crippen molar-refractivity contribution in [3.63, 3.8) is 0 Å². The lowest BCUT2D eigenvalue weighted by molar-refractivity contribution is -0.300. The lowest BCUT2D eigenvalue weighted by atomic mass is 9.97. The molecule has 1 aliphatic rings. The summed E-state index contributed by atoms with van der Waals surface area (Å²) in [6, 6.07) is 8.33. The maximum Gasteiger partial charge on any atom is 0.250 e. The zero-order chi connectivity index (χ0) is 29.7. The monoisotopic (exact) mass is 574 g/mol. The second-order valence-electron chi connectivity index (χ2n) is 14.2. The number of hydrogen-bond acceptors (Lipinski definition) is 4. The second kappa shape index (κ2) is 17.1. The topological polar surface area (TPSA) is 44.8 Å².